The van der Waals surface area contributed by atoms with Crippen molar-refractivity contribution in [3.63, 3.8) is 0 Å². The Balaban J connectivity index is 1.44. The van der Waals surface area contributed by atoms with Crippen LogP contribution in [-0.4, -0.2) is 40.9 Å². The molecule has 0 bridgehead atoms. The summed E-state index contributed by atoms with van der Waals surface area (Å²) in [4.78, 5) is 2.48. The fourth-order valence-electron chi connectivity index (χ4n) is 5.28. The van der Waals surface area contributed by atoms with E-state index < -0.39 is 6.10 Å². The Kier molecular flexibility index (Phi) is 6.82. The van der Waals surface area contributed by atoms with Crippen molar-refractivity contribution >= 4 is 11.1 Å². The first-order valence-electron chi connectivity index (χ1n) is 12.7. The predicted molar refractivity (Wildman–Crippen MR) is 144 cm³/mol. The van der Waals surface area contributed by atoms with Crippen LogP contribution in [0.5, 0.6) is 23.0 Å². The Bertz CT molecular complexity index is 1370. The van der Waals surface area contributed by atoms with Crippen molar-refractivity contribution in [2.24, 2.45) is 5.92 Å². The number of nitrogens with zero attached hydrogens (tertiary/aromatic N) is 2. The maximum absolute atomic E-state index is 10.3. The van der Waals surface area contributed by atoms with E-state index in [1.54, 1.807) is 30.3 Å². The van der Waals surface area contributed by atoms with E-state index in [9.17, 15) is 15.5 Å². The van der Waals surface area contributed by atoms with Gasteiger partial charge in [-0.15, -0.1) is 0 Å². The zero-order valence-corrected chi connectivity index (χ0v) is 21.4. The topological polar surface area (TPSA) is 86.0 Å². The molecule has 2 aliphatic heterocycles. The van der Waals surface area contributed by atoms with Gasteiger partial charge in [-0.3, -0.25) is 4.90 Å². The van der Waals surface area contributed by atoms with Crippen molar-refractivity contribution in [3.05, 3.63) is 82.9 Å². The molecular formula is C31H32N2O4. The summed E-state index contributed by atoms with van der Waals surface area (Å²) in [6, 6.07) is 20.5. The maximum atomic E-state index is 10.3. The molecule has 37 heavy (non-hydrogen) atoms. The van der Waals surface area contributed by atoms with Crippen LogP contribution in [0.2, 0.25) is 0 Å². The number of likely N-dealkylation sites (tertiary alicyclic amines) is 1. The highest BCUT2D eigenvalue weighted by molar-refractivity contribution is 5.96. The van der Waals surface area contributed by atoms with Gasteiger partial charge >= 0.3 is 0 Å². The van der Waals surface area contributed by atoms with Crippen LogP contribution >= 0.6 is 0 Å². The lowest BCUT2D eigenvalue weighted by molar-refractivity contribution is 0.169. The monoisotopic (exact) mass is 496 g/mol. The summed E-state index contributed by atoms with van der Waals surface area (Å²) >= 11 is 0. The summed E-state index contributed by atoms with van der Waals surface area (Å²) in [5.74, 6) is 2.16. The molecule has 1 fully saturated rings. The van der Waals surface area contributed by atoms with Gasteiger partial charge in [0.05, 0.1) is 5.56 Å². The number of allylic oxidation sites excluding steroid dienone is 1. The molecule has 2 aliphatic rings. The van der Waals surface area contributed by atoms with Crippen molar-refractivity contribution in [1.82, 2.24) is 4.90 Å². The zero-order valence-electron chi connectivity index (χ0n) is 21.4. The predicted octanol–water partition coefficient (Wildman–Crippen LogP) is 6.14. The summed E-state index contributed by atoms with van der Waals surface area (Å²) in [5, 5.41) is 29.9. The molecule has 0 saturated carbocycles. The van der Waals surface area contributed by atoms with E-state index in [0.717, 1.165) is 52.6 Å². The molecular weight excluding hydrogens is 464 g/mol. The fraction of sp³-hybridized carbons (Fsp3) is 0.323. The third-order valence-electron chi connectivity index (χ3n) is 7.44. The second-order valence-electron chi connectivity index (χ2n) is 10.2. The van der Waals surface area contributed by atoms with Gasteiger partial charge in [0.25, 0.3) is 0 Å². The maximum Gasteiger partial charge on any atom is 0.150 e. The van der Waals surface area contributed by atoms with Gasteiger partial charge in [-0.2, -0.15) is 5.26 Å². The Morgan fingerprint density at radius 3 is 2.59 bits per heavy atom. The van der Waals surface area contributed by atoms with Crippen molar-refractivity contribution in [2.45, 2.75) is 39.3 Å². The molecule has 1 saturated heterocycles. The molecule has 3 aromatic rings. The van der Waals surface area contributed by atoms with Gasteiger partial charge in [-0.1, -0.05) is 31.2 Å². The molecule has 5 rings (SSSR count). The van der Waals surface area contributed by atoms with Crippen LogP contribution in [0.4, 0.5) is 0 Å². The third-order valence-corrected chi connectivity index (χ3v) is 7.44. The largest absolute Gasteiger partial charge is 0.508 e. The zero-order chi connectivity index (χ0) is 26.1. The summed E-state index contributed by atoms with van der Waals surface area (Å²) < 4.78 is 12.6. The molecule has 0 radical (unpaired) electrons. The second-order valence-corrected chi connectivity index (χ2v) is 10.2. The molecule has 3 atom stereocenters. The van der Waals surface area contributed by atoms with E-state index in [0.29, 0.717) is 18.4 Å². The quantitative estimate of drug-likeness (QED) is 0.426. The number of nitriles is 1. The van der Waals surface area contributed by atoms with Crippen molar-refractivity contribution in [1.29, 1.82) is 5.26 Å². The van der Waals surface area contributed by atoms with Crippen LogP contribution in [0.3, 0.4) is 0 Å². The van der Waals surface area contributed by atoms with Gasteiger partial charge in [0, 0.05) is 29.8 Å². The average molecular weight is 497 g/mol. The highest BCUT2D eigenvalue weighted by Gasteiger charge is 2.30. The molecule has 6 heteroatoms. The normalized spacial score (nSPS) is 20.2. The van der Waals surface area contributed by atoms with E-state index in [1.807, 2.05) is 43.3 Å². The van der Waals surface area contributed by atoms with Gasteiger partial charge < -0.3 is 19.7 Å². The van der Waals surface area contributed by atoms with Crippen molar-refractivity contribution in [3.8, 4) is 29.1 Å². The second kappa shape index (κ2) is 10.2. The first kappa shape index (κ1) is 24.7. The number of benzene rings is 3. The van der Waals surface area contributed by atoms with E-state index in [-0.39, 0.29) is 17.1 Å². The summed E-state index contributed by atoms with van der Waals surface area (Å²) in [6.07, 6.45) is 0.775. The fourth-order valence-corrected chi connectivity index (χ4v) is 5.28. The number of phenolic OH excluding ortho intramolecular Hbond substituents is 2. The minimum absolute atomic E-state index is 0.0861. The van der Waals surface area contributed by atoms with Gasteiger partial charge in [0.15, 0.2) is 0 Å². The molecule has 1 unspecified atom stereocenters. The minimum atomic E-state index is -0.468. The number of fused-ring (bicyclic) bond motifs is 1. The molecule has 190 valence electrons. The third kappa shape index (κ3) is 5.00. The Morgan fingerprint density at radius 2 is 1.92 bits per heavy atom. The first-order chi connectivity index (χ1) is 17.8. The summed E-state index contributed by atoms with van der Waals surface area (Å²) in [7, 11) is 0. The minimum Gasteiger partial charge on any atom is -0.508 e. The standard InChI is InChI=1S/C31H32N2O4/c1-19-11-12-33(17-19)20(2)18-36-26-9-7-22(8-10-26)31-30(23-5-4-6-25(34)13-23)21(3)27-15-28(35)24(16-32)14-29(27)37-31/h4-10,13-15,19-20,31,34-35H,11-12,17-18H2,1-3H3/t19-,20+,31?/m1/s1. The van der Waals surface area contributed by atoms with Gasteiger partial charge in [-0.25, -0.2) is 0 Å². The Labute approximate surface area is 218 Å². The van der Waals surface area contributed by atoms with E-state index in [2.05, 4.69) is 18.7 Å². The van der Waals surface area contributed by atoms with E-state index >= 15 is 0 Å². The lowest BCUT2D eigenvalue weighted by Gasteiger charge is -2.31. The van der Waals surface area contributed by atoms with E-state index in [4.69, 9.17) is 9.47 Å². The molecule has 0 amide bonds. The van der Waals surface area contributed by atoms with Crippen LogP contribution in [0, 0.1) is 17.2 Å². The highest BCUT2D eigenvalue weighted by atomic mass is 16.5. The number of hydrogen-bond donors (Lipinski definition) is 2. The lowest BCUT2D eigenvalue weighted by atomic mass is 9.85. The van der Waals surface area contributed by atoms with Gasteiger partial charge in [-0.05, 0) is 79.8 Å². The summed E-state index contributed by atoms with van der Waals surface area (Å²) in [5.41, 5.74) is 4.42. The molecule has 0 aromatic heterocycles. The van der Waals surface area contributed by atoms with Crippen LogP contribution in [0.25, 0.3) is 11.1 Å². The number of hydrogen-bond acceptors (Lipinski definition) is 6. The molecule has 2 N–H and O–H groups in total. The lowest BCUT2D eigenvalue weighted by Crippen LogP contribution is -2.35. The Hall–Kier alpha value is -3.95. The van der Waals surface area contributed by atoms with Crippen LogP contribution < -0.4 is 9.47 Å². The molecule has 0 spiro atoms. The van der Waals surface area contributed by atoms with Gasteiger partial charge in [0.2, 0.25) is 0 Å². The van der Waals surface area contributed by atoms with Crippen molar-refractivity contribution in [2.75, 3.05) is 19.7 Å². The Morgan fingerprint density at radius 1 is 1.14 bits per heavy atom. The molecule has 2 heterocycles. The van der Waals surface area contributed by atoms with Crippen molar-refractivity contribution < 1.29 is 19.7 Å². The van der Waals surface area contributed by atoms with Crippen LogP contribution in [0.1, 0.15) is 55.5 Å². The first-order valence-corrected chi connectivity index (χ1v) is 12.7. The number of aromatic hydroxyl groups is 2. The number of ether oxygens (including phenoxy) is 2. The van der Waals surface area contributed by atoms with Crippen LogP contribution in [0.15, 0.2) is 60.7 Å². The average Bonchev–Trinajstić information content (AvgIpc) is 3.34. The van der Waals surface area contributed by atoms with E-state index in [1.165, 1.54) is 6.42 Å². The molecule has 0 aliphatic carbocycles. The molecule has 6 nitrogen and oxygen atoms in total. The SMILES string of the molecule is CC1=C(c2cccc(O)c2)C(c2ccc(OC[C@H](C)N3CC[C@@H](C)C3)cc2)Oc2cc(C#N)c(O)cc21. The highest BCUT2D eigenvalue weighted by Crippen LogP contribution is 2.48. The number of rotatable bonds is 6. The number of phenols is 2. The summed E-state index contributed by atoms with van der Waals surface area (Å²) in [6.45, 7) is 9.36. The molecule has 3 aromatic carbocycles. The van der Waals surface area contributed by atoms with Crippen LogP contribution in [-0.2, 0) is 0 Å². The van der Waals surface area contributed by atoms with Gasteiger partial charge in [0.1, 0.15) is 41.8 Å². The smallest absolute Gasteiger partial charge is 0.150 e.